The highest BCUT2D eigenvalue weighted by molar-refractivity contribution is 6.18. The standard InChI is InChI=1S/C25H19ClF3N3O4/c26-9-21-25(35)19(34)8-20(36-21)14-5-6-31-11-13(14)7-18(33)17-4-3-16(28)24(32-17)22-15(27)2-1-12(10-30)23(22)29/h1-6,11,19-21,25,34-35H,7-9H2/t19-,20-,21-,25+/m1/s1. The molecule has 0 amide bonds. The smallest absolute Gasteiger partial charge is 0.185 e. The van der Waals surface area contributed by atoms with Gasteiger partial charge in [-0.2, -0.15) is 5.26 Å². The minimum absolute atomic E-state index is 0.0481. The van der Waals surface area contributed by atoms with E-state index in [1.54, 1.807) is 12.1 Å². The minimum atomic E-state index is -1.29. The fourth-order valence-corrected chi connectivity index (χ4v) is 4.33. The molecule has 1 aliphatic rings. The molecule has 11 heteroatoms. The van der Waals surface area contributed by atoms with Crippen molar-refractivity contribution in [3.8, 4) is 17.3 Å². The van der Waals surface area contributed by atoms with E-state index in [1.165, 1.54) is 12.4 Å². The zero-order chi connectivity index (χ0) is 26.0. The van der Waals surface area contributed by atoms with Gasteiger partial charge in [-0.05, 0) is 41.5 Å². The first-order chi connectivity index (χ1) is 17.2. The summed E-state index contributed by atoms with van der Waals surface area (Å²) < 4.78 is 49.3. The number of carbonyl (C=O) groups is 1. The van der Waals surface area contributed by atoms with Gasteiger partial charge < -0.3 is 14.9 Å². The Balaban J connectivity index is 1.65. The van der Waals surface area contributed by atoms with Crippen molar-refractivity contribution in [3.63, 3.8) is 0 Å². The lowest BCUT2D eigenvalue weighted by atomic mass is 9.91. The number of carbonyl (C=O) groups excluding carboxylic acids is 1. The quantitative estimate of drug-likeness (QED) is 0.379. The van der Waals surface area contributed by atoms with Gasteiger partial charge in [-0.3, -0.25) is 9.78 Å². The number of rotatable bonds is 6. The van der Waals surface area contributed by atoms with Gasteiger partial charge in [0.1, 0.15) is 41.3 Å². The van der Waals surface area contributed by atoms with Gasteiger partial charge in [0.05, 0.1) is 29.2 Å². The highest BCUT2D eigenvalue weighted by Crippen LogP contribution is 2.34. The van der Waals surface area contributed by atoms with Gasteiger partial charge in [-0.1, -0.05) is 0 Å². The number of aromatic nitrogens is 2. The molecule has 4 rings (SSSR count). The van der Waals surface area contributed by atoms with Crippen molar-refractivity contribution in [2.75, 3.05) is 5.88 Å². The summed E-state index contributed by atoms with van der Waals surface area (Å²) in [4.78, 5) is 21.0. The lowest BCUT2D eigenvalue weighted by Gasteiger charge is -2.37. The van der Waals surface area contributed by atoms with E-state index in [0.717, 1.165) is 24.3 Å². The topological polar surface area (TPSA) is 116 Å². The maximum absolute atomic E-state index is 14.6. The highest BCUT2D eigenvalue weighted by Gasteiger charge is 2.37. The molecule has 186 valence electrons. The zero-order valence-electron chi connectivity index (χ0n) is 18.5. The monoisotopic (exact) mass is 517 g/mol. The SMILES string of the molecule is N#Cc1ccc(F)c(-c2nc(C(=O)Cc3cnccc3[C@H]3C[C@@H](O)[C@H](O)[C@@H](CCl)O3)ccc2F)c1F. The molecule has 0 spiro atoms. The van der Waals surface area contributed by atoms with Crippen molar-refractivity contribution in [3.05, 3.63) is 82.6 Å². The van der Waals surface area contributed by atoms with E-state index >= 15 is 0 Å². The van der Waals surface area contributed by atoms with Crippen LogP contribution in [0.1, 0.15) is 39.7 Å². The van der Waals surface area contributed by atoms with Crippen molar-refractivity contribution in [2.24, 2.45) is 0 Å². The van der Waals surface area contributed by atoms with Gasteiger partial charge in [0.25, 0.3) is 0 Å². The van der Waals surface area contributed by atoms with Crippen LogP contribution in [0.4, 0.5) is 13.2 Å². The summed E-state index contributed by atoms with van der Waals surface area (Å²) in [7, 11) is 0. The molecule has 3 aromatic rings. The number of halogens is 4. The average molecular weight is 518 g/mol. The first-order valence-corrected chi connectivity index (χ1v) is 11.4. The Morgan fingerprint density at radius 3 is 2.64 bits per heavy atom. The van der Waals surface area contributed by atoms with Gasteiger partial charge >= 0.3 is 0 Å². The summed E-state index contributed by atoms with van der Waals surface area (Å²) >= 11 is 5.84. The summed E-state index contributed by atoms with van der Waals surface area (Å²) in [5.41, 5.74) is -1.41. The second-order valence-electron chi connectivity index (χ2n) is 8.21. The molecule has 0 bridgehead atoms. The third kappa shape index (κ3) is 4.96. The zero-order valence-corrected chi connectivity index (χ0v) is 19.3. The third-order valence-corrected chi connectivity index (χ3v) is 6.25. The maximum atomic E-state index is 14.6. The van der Waals surface area contributed by atoms with E-state index in [2.05, 4.69) is 9.97 Å². The van der Waals surface area contributed by atoms with E-state index in [9.17, 15) is 28.2 Å². The molecule has 2 aromatic heterocycles. The predicted molar refractivity (Wildman–Crippen MR) is 121 cm³/mol. The molecule has 2 N–H and O–H groups in total. The lowest BCUT2D eigenvalue weighted by molar-refractivity contribution is -0.162. The summed E-state index contributed by atoms with van der Waals surface area (Å²) in [5, 5.41) is 29.3. The second kappa shape index (κ2) is 10.7. The Labute approximate surface area is 208 Å². The molecule has 7 nitrogen and oxygen atoms in total. The molecule has 1 aliphatic heterocycles. The van der Waals surface area contributed by atoms with Crippen LogP contribution in [0.15, 0.2) is 42.7 Å². The third-order valence-electron chi connectivity index (χ3n) is 5.94. The van der Waals surface area contributed by atoms with E-state index in [0.29, 0.717) is 11.1 Å². The minimum Gasteiger partial charge on any atom is -0.390 e. The summed E-state index contributed by atoms with van der Waals surface area (Å²) in [5.74, 6) is -4.16. The van der Waals surface area contributed by atoms with Crippen molar-refractivity contribution in [1.29, 1.82) is 5.26 Å². The fourth-order valence-electron chi connectivity index (χ4n) is 4.07. The molecule has 36 heavy (non-hydrogen) atoms. The van der Waals surface area contributed by atoms with Crippen LogP contribution in [0.3, 0.4) is 0 Å². The number of ether oxygens (including phenoxy) is 1. The molecular weight excluding hydrogens is 499 g/mol. The normalized spacial score (nSPS) is 21.7. The van der Waals surface area contributed by atoms with E-state index < -0.39 is 64.5 Å². The largest absolute Gasteiger partial charge is 0.390 e. The van der Waals surface area contributed by atoms with Crippen molar-refractivity contribution >= 4 is 17.4 Å². The van der Waals surface area contributed by atoms with E-state index in [-0.39, 0.29) is 24.4 Å². The number of Topliss-reactive ketones (excluding diaryl/α,β-unsaturated/α-hetero) is 1. The number of alkyl halides is 1. The summed E-state index contributed by atoms with van der Waals surface area (Å²) in [6.45, 7) is 0. The number of hydrogen-bond donors (Lipinski definition) is 2. The number of benzene rings is 1. The van der Waals surface area contributed by atoms with Crippen molar-refractivity contribution in [2.45, 2.75) is 37.3 Å². The Morgan fingerprint density at radius 2 is 1.92 bits per heavy atom. The van der Waals surface area contributed by atoms with Crippen LogP contribution in [-0.4, -0.2) is 50.2 Å². The van der Waals surface area contributed by atoms with E-state index in [1.807, 2.05) is 0 Å². The number of ketones is 1. The maximum Gasteiger partial charge on any atom is 0.185 e. The molecule has 0 unspecified atom stereocenters. The molecule has 3 heterocycles. The summed E-state index contributed by atoms with van der Waals surface area (Å²) in [6.07, 6.45) is -1.10. The Morgan fingerprint density at radius 1 is 1.17 bits per heavy atom. The number of aliphatic hydroxyl groups is 2. The van der Waals surface area contributed by atoms with Crippen LogP contribution in [-0.2, 0) is 11.2 Å². The molecule has 1 fully saturated rings. The van der Waals surface area contributed by atoms with Crippen LogP contribution in [0.2, 0.25) is 0 Å². The van der Waals surface area contributed by atoms with Gasteiger partial charge in [0.2, 0.25) is 0 Å². The number of nitriles is 1. The van der Waals surface area contributed by atoms with Crippen LogP contribution in [0, 0.1) is 28.8 Å². The molecule has 1 aromatic carbocycles. The Hall–Kier alpha value is -3.36. The van der Waals surface area contributed by atoms with Gasteiger partial charge in [-0.25, -0.2) is 18.2 Å². The molecule has 4 atom stereocenters. The van der Waals surface area contributed by atoms with Crippen LogP contribution < -0.4 is 0 Å². The molecule has 0 radical (unpaired) electrons. The summed E-state index contributed by atoms with van der Waals surface area (Å²) in [6, 6.07) is 6.84. The van der Waals surface area contributed by atoms with Crippen LogP contribution >= 0.6 is 11.6 Å². The first kappa shape index (κ1) is 25.7. The highest BCUT2D eigenvalue weighted by atomic mass is 35.5. The van der Waals surface area contributed by atoms with Gasteiger partial charge in [-0.15, -0.1) is 11.6 Å². The lowest BCUT2D eigenvalue weighted by Crippen LogP contribution is -2.46. The number of nitrogens with zero attached hydrogens (tertiary/aromatic N) is 3. The first-order valence-electron chi connectivity index (χ1n) is 10.8. The molecule has 0 aliphatic carbocycles. The molecule has 0 saturated carbocycles. The van der Waals surface area contributed by atoms with Crippen LogP contribution in [0.25, 0.3) is 11.3 Å². The molecular formula is C25H19ClF3N3O4. The van der Waals surface area contributed by atoms with Crippen LogP contribution in [0.5, 0.6) is 0 Å². The number of hydrogen-bond acceptors (Lipinski definition) is 7. The predicted octanol–water partition coefficient (Wildman–Crippen LogP) is 3.65. The Kier molecular flexibility index (Phi) is 7.66. The van der Waals surface area contributed by atoms with Gasteiger partial charge in [0, 0.05) is 25.2 Å². The second-order valence-corrected chi connectivity index (χ2v) is 8.52. The fraction of sp³-hybridized carbons (Fsp3) is 0.280. The number of pyridine rings is 2. The Bertz CT molecular complexity index is 1350. The van der Waals surface area contributed by atoms with Crippen molar-refractivity contribution in [1.82, 2.24) is 9.97 Å². The van der Waals surface area contributed by atoms with Gasteiger partial charge in [0.15, 0.2) is 11.6 Å². The number of aliphatic hydroxyl groups excluding tert-OH is 2. The van der Waals surface area contributed by atoms with E-state index in [4.69, 9.17) is 21.6 Å². The molecule has 1 saturated heterocycles. The average Bonchev–Trinajstić information content (AvgIpc) is 2.87. The van der Waals surface area contributed by atoms with Crippen molar-refractivity contribution < 1.29 is 32.9 Å².